The van der Waals surface area contributed by atoms with Crippen LogP contribution in [0.25, 0.3) is 10.9 Å². The Morgan fingerprint density at radius 2 is 1.79 bits per heavy atom. The highest BCUT2D eigenvalue weighted by molar-refractivity contribution is 7.89. The number of aryl methyl sites for hydroxylation is 3. The maximum atomic E-state index is 13.0. The highest BCUT2D eigenvalue weighted by Gasteiger charge is 2.23. The van der Waals surface area contributed by atoms with Gasteiger partial charge in [0.2, 0.25) is 10.0 Å². The summed E-state index contributed by atoms with van der Waals surface area (Å²) in [5.41, 5.74) is 4.74. The molecule has 154 valence electrons. The van der Waals surface area contributed by atoms with Crippen molar-refractivity contribution in [3.63, 3.8) is 0 Å². The van der Waals surface area contributed by atoms with Crippen molar-refractivity contribution in [1.29, 1.82) is 0 Å². The second-order valence-corrected chi connectivity index (χ2v) is 9.95. The number of sulfonamides is 1. The van der Waals surface area contributed by atoms with E-state index >= 15 is 0 Å². The molecule has 0 saturated heterocycles. The standard InChI is InChI=1S/C23H29N3O2S/c1-25(2)23(21-16-26(3)22-11-7-6-10-20(21)22)15-24-29(27,28)19-13-12-17-8-4-5-9-18(17)14-19/h6-7,10-14,16,23-24H,4-5,8-9,15H2,1-3H3. The third-order valence-corrected chi connectivity index (χ3v) is 7.43. The number of nitrogens with one attached hydrogen (secondary N) is 1. The summed E-state index contributed by atoms with van der Waals surface area (Å²) in [5.74, 6) is 0. The fraction of sp³-hybridized carbons (Fsp3) is 0.391. The average Bonchev–Trinajstić information content (AvgIpc) is 3.04. The molecule has 1 aromatic heterocycles. The van der Waals surface area contributed by atoms with Crippen LogP contribution in [-0.4, -0.2) is 38.5 Å². The van der Waals surface area contributed by atoms with Crippen molar-refractivity contribution in [2.75, 3.05) is 20.6 Å². The molecule has 4 rings (SSSR count). The van der Waals surface area contributed by atoms with Crippen molar-refractivity contribution >= 4 is 20.9 Å². The molecule has 0 spiro atoms. The Morgan fingerprint density at radius 3 is 2.55 bits per heavy atom. The summed E-state index contributed by atoms with van der Waals surface area (Å²) in [6.45, 7) is 0.320. The van der Waals surface area contributed by atoms with Crippen LogP contribution >= 0.6 is 0 Å². The lowest BCUT2D eigenvalue weighted by molar-refractivity contribution is 0.301. The minimum Gasteiger partial charge on any atom is -0.350 e. The van der Waals surface area contributed by atoms with Gasteiger partial charge in [0.25, 0.3) is 0 Å². The van der Waals surface area contributed by atoms with E-state index in [9.17, 15) is 8.42 Å². The van der Waals surface area contributed by atoms with E-state index in [2.05, 4.69) is 32.5 Å². The zero-order valence-electron chi connectivity index (χ0n) is 17.4. The fourth-order valence-electron chi connectivity index (χ4n) is 4.36. The average molecular weight is 412 g/mol. The summed E-state index contributed by atoms with van der Waals surface area (Å²) in [4.78, 5) is 2.44. The van der Waals surface area contributed by atoms with E-state index in [-0.39, 0.29) is 6.04 Å². The van der Waals surface area contributed by atoms with E-state index in [1.165, 1.54) is 17.5 Å². The third kappa shape index (κ3) is 3.97. The number of para-hydroxylation sites is 1. The van der Waals surface area contributed by atoms with Crippen molar-refractivity contribution < 1.29 is 8.42 Å². The first-order valence-electron chi connectivity index (χ1n) is 10.2. The summed E-state index contributed by atoms with van der Waals surface area (Å²) >= 11 is 0. The van der Waals surface area contributed by atoms with Crippen molar-refractivity contribution in [1.82, 2.24) is 14.2 Å². The van der Waals surface area contributed by atoms with Crippen molar-refractivity contribution in [3.8, 4) is 0 Å². The van der Waals surface area contributed by atoms with Gasteiger partial charge >= 0.3 is 0 Å². The summed E-state index contributed by atoms with van der Waals surface area (Å²) < 4.78 is 31.0. The van der Waals surface area contributed by atoms with Gasteiger partial charge in [0.1, 0.15) is 0 Å². The van der Waals surface area contributed by atoms with Gasteiger partial charge in [-0.1, -0.05) is 24.3 Å². The monoisotopic (exact) mass is 411 g/mol. The van der Waals surface area contributed by atoms with Crippen LogP contribution in [0.4, 0.5) is 0 Å². The molecule has 29 heavy (non-hydrogen) atoms. The molecule has 1 heterocycles. The number of fused-ring (bicyclic) bond motifs is 2. The Kier molecular flexibility index (Phi) is 5.51. The van der Waals surface area contributed by atoms with E-state index in [0.29, 0.717) is 11.4 Å². The van der Waals surface area contributed by atoms with Gasteiger partial charge in [0.05, 0.1) is 4.90 Å². The summed E-state index contributed by atoms with van der Waals surface area (Å²) in [6.07, 6.45) is 6.44. The number of likely N-dealkylation sites (N-methyl/N-ethyl adjacent to an activating group) is 1. The molecule has 1 aliphatic rings. The van der Waals surface area contributed by atoms with Gasteiger partial charge in [-0.25, -0.2) is 13.1 Å². The molecule has 0 fully saturated rings. The second kappa shape index (κ2) is 7.94. The lowest BCUT2D eigenvalue weighted by Crippen LogP contribution is -2.34. The molecule has 0 radical (unpaired) electrons. The number of hydrogen-bond donors (Lipinski definition) is 1. The molecule has 0 amide bonds. The number of nitrogens with zero attached hydrogens (tertiary/aromatic N) is 2. The highest BCUT2D eigenvalue weighted by atomic mass is 32.2. The summed E-state index contributed by atoms with van der Waals surface area (Å²) in [6, 6.07) is 13.8. The van der Waals surface area contributed by atoms with Crippen LogP contribution in [0, 0.1) is 0 Å². The minimum atomic E-state index is -3.56. The predicted octanol–water partition coefficient (Wildman–Crippen LogP) is 3.64. The van der Waals surface area contributed by atoms with E-state index < -0.39 is 10.0 Å². The Morgan fingerprint density at radius 1 is 1.07 bits per heavy atom. The largest absolute Gasteiger partial charge is 0.350 e. The Bertz CT molecular complexity index is 1130. The van der Waals surface area contributed by atoms with Crippen LogP contribution in [0.2, 0.25) is 0 Å². The van der Waals surface area contributed by atoms with Crippen molar-refractivity contribution in [3.05, 3.63) is 65.4 Å². The van der Waals surface area contributed by atoms with Crippen molar-refractivity contribution in [2.24, 2.45) is 7.05 Å². The van der Waals surface area contributed by atoms with Crippen LogP contribution < -0.4 is 4.72 Å². The quantitative estimate of drug-likeness (QED) is 0.674. The smallest absolute Gasteiger partial charge is 0.240 e. The van der Waals surface area contributed by atoms with Crippen molar-refractivity contribution in [2.45, 2.75) is 36.6 Å². The van der Waals surface area contributed by atoms with Gasteiger partial charge in [0.15, 0.2) is 0 Å². The lowest BCUT2D eigenvalue weighted by atomic mass is 9.92. The first-order valence-corrected chi connectivity index (χ1v) is 11.7. The SMILES string of the molecule is CN(C)C(CNS(=O)(=O)c1ccc2c(c1)CCCC2)c1cn(C)c2ccccc12. The molecule has 0 saturated carbocycles. The minimum absolute atomic E-state index is 0.0616. The summed E-state index contributed by atoms with van der Waals surface area (Å²) in [7, 11) is 2.43. The van der Waals surface area contributed by atoms with Crippen LogP contribution in [0.15, 0.2) is 53.6 Å². The normalized spacial score (nSPS) is 15.6. The zero-order valence-corrected chi connectivity index (χ0v) is 18.2. The lowest BCUT2D eigenvalue weighted by Gasteiger charge is -2.25. The molecule has 1 aliphatic carbocycles. The van der Waals surface area contributed by atoms with Gasteiger partial charge in [-0.3, -0.25) is 0 Å². The molecule has 6 heteroatoms. The topological polar surface area (TPSA) is 54.3 Å². The Labute approximate surface area is 173 Å². The zero-order chi connectivity index (χ0) is 20.6. The molecule has 1 atom stereocenters. The molecule has 0 aliphatic heterocycles. The molecule has 1 N–H and O–H groups in total. The first kappa shape index (κ1) is 20.1. The van der Waals surface area contributed by atoms with Crippen LogP contribution in [0.5, 0.6) is 0 Å². The van der Waals surface area contributed by atoms with Crippen LogP contribution in [0.1, 0.15) is 35.6 Å². The number of benzene rings is 2. The number of aromatic nitrogens is 1. The van der Waals surface area contributed by atoms with Crippen LogP contribution in [0.3, 0.4) is 0 Å². The molecule has 3 aromatic rings. The van der Waals surface area contributed by atoms with Gasteiger partial charge in [0, 0.05) is 36.7 Å². The Balaban J connectivity index is 1.59. The van der Waals surface area contributed by atoms with E-state index in [1.807, 2.05) is 45.4 Å². The van der Waals surface area contributed by atoms with Gasteiger partial charge in [-0.15, -0.1) is 0 Å². The van der Waals surface area contributed by atoms with E-state index in [0.717, 1.165) is 35.7 Å². The van der Waals surface area contributed by atoms with Gasteiger partial charge in [-0.05, 0) is 74.7 Å². The first-order chi connectivity index (χ1) is 13.9. The van der Waals surface area contributed by atoms with E-state index in [4.69, 9.17) is 0 Å². The second-order valence-electron chi connectivity index (χ2n) is 8.18. The molecule has 0 bridgehead atoms. The Hall–Kier alpha value is -2.15. The van der Waals surface area contributed by atoms with Gasteiger partial charge < -0.3 is 9.47 Å². The summed E-state index contributed by atoms with van der Waals surface area (Å²) in [5, 5.41) is 1.15. The number of hydrogen-bond acceptors (Lipinski definition) is 3. The molecule has 2 aromatic carbocycles. The maximum absolute atomic E-state index is 13.0. The molecular formula is C23H29N3O2S. The van der Waals surface area contributed by atoms with Crippen LogP contribution in [-0.2, 0) is 29.9 Å². The highest BCUT2D eigenvalue weighted by Crippen LogP contribution is 2.29. The van der Waals surface area contributed by atoms with E-state index in [1.54, 1.807) is 6.07 Å². The molecular weight excluding hydrogens is 382 g/mol. The molecule has 1 unspecified atom stereocenters. The fourth-order valence-corrected chi connectivity index (χ4v) is 5.45. The molecule has 5 nitrogen and oxygen atoms in total. The predicted molar refractivity (Wildman–Crippen MR) is 118 cm³/mol. The third-order valence-electron chi connectivity index (χ3n) is 6.01. The number of rotatable bonds is 6. The maximum Gasteiger partial charge on any atom is 0.240 e. The van der Waals surface area contributed by atoms with Gasteiger partial charge in [-0.2, -0.15) is 0 Å².